The van der Waals surface area contributed by atoms with Gasteiger partial charge in [0.15, 0.2) is 6.79 Å². The molecule has 0 aliphatic rings. The molecule has 102 valence electrons. The van der Waals surface area contributed by atoms with Crippen LogP contribution in [0.3, 0.4) is 0 Å². The molecule has 3 nitrogen and oxygen atoms in total. The lowest BCUT2D eigenvalue weighted by Gasteiger charge is -2.20. The summed E-state index contributed by atoms with van der Waals surface area (Å²) in [5.41, 5.74) is 1.22. The normalized spacial score (nSPS) is 12.4. The van der Waals surface area contributed by atoms with Crippen molar-refractivity contribution in [1.82, 2.24) is 5.32 Å². The van der Waals surface area contributed by atoms with Crippen molar-refractivity contribution in [2.45, 2.75) is 39.7 Å². The molecule has 0 saturated heterocycles. The van der Waals surface area contributed by atoms with Gasteiger partial charge < -0.3 is 14.8 Å². The van der Waals surface area contributed by atoms with Crippen LogP contribution in [0.25, 0.3) is 0 Å². The van der Waals surface area contributed by atoms with Crippen molar-refractivity contribution < 1.29 is 9.47 Å². The van der Waals surface area contributed by atoms with E-state index in [2.05, 4.69) is 31.3 Å². The molecule has 0 bridgehead atoms. The van der Waals surface area contributed by atoms with Crippen molar-refractivity contribution in [3.8, 4) is 5.75 Å². The van der Waals surface area contributed by atoms with Crippen LogP contribution in [0.2, 0.25) is 0 Å². The van der Waals surface area contributed by atoms with Crippen LogP contribution in [0.15, 0.2) is 24.3 Å². The van der Waals surface area contributed by atoms with E-state index in [-0.39, 0.29) is 0 Å². The number of ether oxygens (including phenoxy) is 2. The predicted octanol–water partition coefficient (Wildman–Crippen LogP) is 3.51. The maximum atomic E-state index is 5.68. The van der Waals surface area contributed by atoms with Gasteiger partial charge in [0.25, 0.3) is 0 Å². The second-order valence-electron chi connectivity index (χ2n) is 4.21. The van der Waals surface area contributed by atoms with Crippen LogP contribution in [0.5, 0.6) is 5.75 Å². The molecule has 0 amide bonds. The third-order valence-electron chi connectivity index (χ3n) is 2.85. The van der Waals surface area contributed by atoms with Crippen molar-refractivity contribution in [1.29, 1.82) is 0 Å². The summed E-state index contributed by atoms with van der Waals surface area (Å²) < 4.78 is 10.9. The van der Waals surface area contributed by atoms with Crippen molar-refractivity contribution >= 4 is 0 Å². The second kappa shape index (κ2) is 8.95. The van der Waals surface area contributed by atoms with Gasteiger partial charge in [-0.2, -0.15) is 0 Å². The lowest BCUT2D eigenvalue weighted by atomic mass is 10.0. The minimum atomic E-state index is 0.317. The summed E-state index contributed by atoms with van der Waals surface area (Å²) in [5.74, 6) is 0.918. The highest BCUT2D eigenvalue weighted by Gasteiger charge is 2.13. The quantitative estimate of drug-likeness (QED) is 0.538. The topological polar surface area (TPSA) is 30.5 Å². The molecule has 0 aliphatic carbocycles. The summed E-state index contributed by atoms with van der Waals surface area (Å²) in [7, 11) is 0. The molecule has 18 heavy (non-hydrogen) atoms. The maximum absolute atomic E-state index is 5.68. The Balaban J connectivity index is 2.71. The Morgan fingerprint density at radius 2 is 1.94 bits per heavy atom. The third-order valence-corrected chi connectivity index (χ3v) is 2.85. The first-order valence-corrected chi connectivity index (χ1v) is 6.86. The summed E-state index contributed by atoms with van der Waals surface area (Å²) >= 11 is 0. The van der Waals surface area contributed by atoms with E-state index in [1.165, 1.54) is 5.56 Å². The Labute approximate surface area is 110 Å². The van der Waals surface area contributed by atoms with E-state index < -0.39 is 0 Å². The van der Waals surface area contributed by atoms with Crippen molar-refractivity contribution in [3.63, 3.8) is 0 Å². The monoisotopic (exact) mass is 251 g/mol. The fourth-order valence-electron chi connectivity index (χ4n) is 1.88. The first-order chi connectivity index (χ1) is 8.83. The molecule has 1 atom stereocenters. The molecule has 1 unspecified atom stereocenters. The third kappa shape index (κ3) is 4.67. The van der Waals surface area contributed by atoms with Crippen LogP contribution in [0.4, 0.5) is 0 Å². The Morgan fingerprint density at radius 3 is 2.61 bits per heavy atom. The molecule has 0 radical (unpaired) electrons. The fraction of sp³-hybridized carbons (Fsp3) is 0.600. The molecule has 1 aromatic rings. The number of rotatable bonds is 9. The smallest absolute Gasteiger partial charge is 0.189 e. The molecular formula is C15H25NO2. The average molecular weight is 251 g/mol. The number of para-hydroxylation sites is 1. The fourth-order valence-corrected chi connectivity index (χ4v) is 1.88. The van der Waals surface area contributed by atoms with Crippen molar-refractivity contribution in [2.24, 2.45) is 0 Å². The lowest BCUT2D eigenvalue weighted by Crippen LogP contribution is -2.22. The van der Waals surface area contributed by atoms with Gasteiger partial charge in [-0.15, -0.1) is 0 Å². The van der Waals surface area contributed by atoms with Crippen LogP contribution in [-0.4, -0.2) is 19.9 Å². The van der Waals surface area contributed by atoms with Crippen LogP contribution in [0.1, 0.15) is 45.2 Å². The number of hydrogen-bond acceptors (Lipinski definition) is 3. The van der Waals surface area contributed by atoms with Gasteiger partial charge in [-0.05, 0) is 32.4 Å². The Hall–Kier alpha value is -1.06. The molecule has 1 N–H and O–H groups in total. The molecule has 0 saturated carbocycles. The molecular weight excluding hydrogens is 226 g/mol. The minimum absolute atomic E-state index is 0.317. The SMILES string of the molecule is CCCNC(CC)c1ccccc1OCOCC. The molecule has 1 rings (SSSR count). The Bertz CT molecular complexity index is 328. The maximum Gasteiger partial charge on any atom is 0.189 e. The van der Waals surface area contributed by atoms with Crippen molar-refractivity contribution in [3.05, 3.63) is 29.8 Å². The summed E-state index contributed by atoms with van der Waals surface area (Å²) in [5, 5.41) is 3.55. The van der Waals surface area contributed by atoms with Gasteiger partial charge in [-0.25, -0.2) is 0 Å². The van der Waals surface area contributed by atoms with Gasteiger partial charge in [-0.3, -0.25) is 0 Å². The van der Waals surface area contributed by atoms with Gasteiger partial charge in [0.1, 0.15) is 5.75 Å². The standard InChI is InChI=1S/C15H25NO2/c1-4-11-16-14(5-2)13-9-7-8-10-15(13)18-12-17-6-3/h7-10,14,16H,4-6,11-12H2,1-3H3. The Morgan fingerprint density at radius 1 is 1.17 bits per heavy atom. The van der Waals surface area contributed by atoms with E-state index in [1.807, 2.05) is 19.1 Å². The molecule has 0 aliphatic heterocycles. The number of nitrogens with one attached hydrogen (secondary N) is 1. The molecule has 0 heterocycles. The molecule has 3 heteroatoms. The first kappa shape index (κ1) is 15.0. The molecule has 0 fully saturated rings. The van der Waals surface area contributed by atoms with E-state index in [9.17, 15) is 0 Å². The summed E-state index contributed by atoms with van der Waals surface area (Å²) in [6.07, 6.45) is 2.19. The van der Waals surface area contributed by atoms with Gasteiger partial charge in [-0.1, -0.05) is 32.0 Å². The highest BCUT2D eigenvalue weighted by Crippen LogP contribution is 2.27. The van der Waals surface area contributed by atoms with E-state index in [1.54, 1.807) is 0 Å². The van der Waals surface area contributed by atoms with Crippen molar-refractivity contribution in [2.75, 3.05) is 19.9 Å². The molecule has 0 spiro atoms. The van der Waals surface area contributed by atoms with E-state index in [0.717, 1.165) is 25.1 Å². The first-order valence-electron chi connectivity index (χ1n) is 6.86. The zero-order valence-electron chi connectivity index (χ0n) is 11.7. The van der Waals surface area contributed by atoms with Crippen LogP contribution in [-0.2, 0) is 4.74 Å². The van der Waals surface area contributed by atoms with E-state index >= 15 is 0 Å². The molecule has 0 aromatic heterocycles. The summed E-state index contributed by atoms with van der Waals surface area (Å²) in [6, 6.07) is 8.53. The largest absolute Gasteiger partial charge is 0.467 e. The molecule has 1 aromatic carbocycles. The average Bonchev–Trinajstić information content (AvgIpc) is 2.41. The van der Waals surface area contributed by atoms with Gasteiger partial charge in [0.05, 0.1) is 0 Å². The summed E-state index contributed by atoms with van der Waals surface area (Å²) in [6.45, 7) is 8.35. The van der Waals surface area contributed by atoms with Gasteiger partial charge in [0.2, 0.25) is 0 Å². The summed E-state index contributed by atoms with van der Waals surface area (Å²) in [4.78, 5) is 0. The highest BCUT2D eigenvalue weighted by atomic mass is 16.7. The van der Waals surface area contributed by atoms with Crippen LogP contribution >= 0.6 is 0 Å². The number of benzene rings is 1. The lowest BCUT2D eigenvalue weighted by molar-refractivity contribution is 0.0215. The predicted molar refractivity (Wildman–Crippen MR) is 74.9 cm³/mol. The van der Waals surface area contributed by atoms with Crippen LogP contribution < -0.4 is 10.1 Å². The zero-order chi connectivity index (χ0) is 13.2. The number of hydrogen-bond donors (Lipinski definition) is 1. The second-order valence-corrected chi connectivity index (χ2v) is 4.21. The highest BCUT2D eigenvalue weighted by molar-refractivity contribution is 5.35. The van der Waals surface area contributed by atoms with Gasteiger partial charge >= 0.3 is 0 Å². The minimum Gasteiger partial charge on any atom is -0.467 e. The van der Waals surface area contributed by atoms with Gasteiger partial charge in [0, 0.05) is 18.2 Å². The Kier molecular flexibility index (Phi) is 7.46. The zero-order valence-corrected chi connectivity index (χ0v) is 11.7. The van der Waals surface area contributed by atoms with E-state index in [4.69, 9.17) is 9.47 Å². The van der Waals surface area contributed by atoms with E-state index in [0.29, 0.717) is 19.4 Å². The van der Waals surface area contributed by atoms with Crippen LogP contribution in [0, 0.1) is 0 Å².